The lowest BCUT2D eigenvalue weighted by Crippen LogP contribution is -1.99. The van der Waals surface area contributed by atoms with Crippen molar-refractivity contribution in [1.29, 1.82) is 0 Å². The van der Waals surface area contributed by atoms with E-state index in [1.165, 1.54) is 0 Å². The molecular weight excluding hydrogens is 438 g/mol. The highest BCUT2D eigenvalue weighted by Gasteiger charge is 2.10. The van der Waals surface area contributed by atoms with Gasteiger partial charge in [0.05, 0.1) is 3.57 Å². The Morgan fingerprint density at radius 2 is 1.91 bits per heavy atom. The molecule has 1 aromatic heterocycles. The van der Waals surface area contributed by atoms with Crippen molar-refractivity contribution < 1.29 is 4.74 Å². The minimum absolute atomic E-state index is 0.302. The predicted octanol–water partition coefficient (Wildman–Crippen LogP) is 4.36. The summed E-state index contributed by atoms with van der Waals surface area (Å²) in [6.45, 7) is 0.302. The number of halogens is 3. The van der Waals surface area contributed by atoms with E-state index >= 15 is 0 Å². The molecule has 3 aromatic rings. The van der Waals surface area contributed by atoms with Crippen LogP contribution in [-0.2, 0) is 6.61 Å². The first-order valence-electron chi connectivity index (χ1n) is 6.24. The molecule has 22 heavy (non-hydrogen) atoms. The van der Waals surface area contributed by atoms with Gasteiger partial charge in [0, 0.05) is 21.2 Å². The Balaban J connectivity index is 1.79. The molecule has 0 amide bonds. The number of rotatable bonds is 4. The molecule has 0 unspecified atom stereocenters. The molecule has 0 aliphatic heterocycles. The second-order valence-electron chi connectivity index (χ2n) is 4.37. The third-order valence-corrected chi connectivity index (χ3v) is 4.52. The van der Waals surface area contributed by atoms with Gasteiger partial charge in [-0.1, -0.05) is 29.3 Å². The van der Waals surface area contributed by atoms with Crippen LogP contribution in [0.5, 0.6) is 5.75 Å². The first-order valence-corrected chi connectivity index (χ1v) is 8.07. The standard InChI is InChI=1S/C14H9Cl2IN4O/c15-10-2-1-3-11(16)9(10)7-22-13-5-4-8(6-12(13)17)14-18-20-21-19-14/h1-6H,7H2,(H,18,19,20,21). The molecule has 3 rings (SSSR count). The summed E-state index contributed by atoms with van der Waals surface area (Å²) in [5, 5.41) is 15.0. The summed E-state index contributed by atoms with van der Waals surface area (Å²) in [6, 6.07) is 11.0. The molecule has 0 bridgehead atoms. The van der Waals surface area contributed by atoms with Crippen LogP contribution in [0.2, 0.25) is 10.0 Å². The van der Waals surface area contributed by atoms with Crippen molar-refractivity contribution in [3.8, 4) is 17.1 Å². The van der Waals surface area contributed by atoms with Crippen LogP contribution < -0.4 is 4.74 Å². The van der Waals surface area contributed by atoms with Crippen LogP contribution in [0, 0.1) is 3.57 Å². The van der Waals surface area contributed by atoms with Gasteiger partial charge >= 0.3 is 0 Å². The zero-order valence-corrected chi connectivity index (χ0v) is 14.7. The molecule has 112 valence electrons. The number of hydrogen-bond donors (Lipinski definition) is 1. The molecule has 0 aliphatic carbocycles. The summed E-state index contributed by atoms with van der Waals surface area (Å²) >= 11 is 14.5. The van der Waals surface area contributed by atoms with Crippen molar-refractivity contribution in [3.63, 3.8) is 0 Å². The number of tetrazole rings is 1. The van der Waals surface area contributed by atoms with Gasteiger partial charge in [-0.2, -0.15) is 5.21 Å². The highest BCUT2D eigenvalue weighted by Crippen LogP contribution is 2.29. The van der Waals surface area contributed by atoms with E-state index in [0.29, 0.717) is 22.5 Å². The number of aromatic nitrogens is 4. The highest BCUT2D eigenvalue weighted by atomic mass is 127. The molecule has 0 saturated carbocycles. The molecule has 5 nitrogen and oxygen atoms in total. The largest absolute Gasteiger partial charge is 0.488 e. The van der Waals surface area contributed by atoms with Crippen LogP contribution in [0.3, 0.4) is 0 Å². The number of nitrogens with zero attached hydrogens (tertiary/aromatic N) is 3. The Kier molecular flexibility index (Phi) is 4.80. The predicted molar refractivity (Wildman–Crippen MR) is 93.1 cm³/mol. The van der Waals surface area contributed by atoms with Crippen molar-refractivity contribution in [2.24, 2.45) is 0 Å². The van der Waals surface area contributed by atoms with Crippen molar-refractivity contribution in [2.75, 3.05) is 0 Å². The molecule has 0 saturated heterocycles. The Labute approximate surface area is 150 Å². The first-order chi connectivity index (χ1) is 10.6. The molecule has 2 aromatic carbocycles. The van der Waals surface area contributed by atoms with E-state index in [9.17, 15) is 0 Å². The second-order valence-corrected chi connectivity index (χ2v) is 6.35. The topological polar surface area (TPSA) is 63.7 Å². The Hall–Kier alpha value is -1.38. The number of hydrogen-bond acceptors (Lipinski definition) is 4. The number of aromatic amines is 1. The molecule has 0 fully saturated rings. The monoisotopic (exact) mass is 446 g/mol. The lowest BCUT2D eigenvalue weighted by Gasteiger charge is -2.11. The Bertz CT molecular complexity index is 775. The number of nitrogens with one attached hydrogen (secondary N) is 1. The van der Waals surface area contributed by atoms with Crippen LogP contribution in [0.1, 0.15) is 5.56 Å². The summed E-state index contributed by atoms with van der Waals surface area (Å²) in [4.78, 5) is 0. The molecule has 0 radical (unpaired) electrons. The van der Waals surface area contributed by atoms with Crippen molar-refractivity contribution >= 4 is 45.8 Å². The van der Waals surface area contributed by atoms with Gasteiger partial charge in [-0.15, -0.1) is 10.2 Å². The third kappa shape index (κ3) is 3.34. The maximum absolute atomic E-state index is 6.14. The summed E-state index contributed by atoms with van der Waals surface area (Å²) in [5.74, 6) is 1.28. The molecule has 1 N–H and O–H groups in total. The van der Waals surface area contributed by atoms with Gasteiger partial charge in [0.15, 0.2) is 0 Å². The maximum Gasteiger partial charge on any atom is 0.204 e. The molecule has 1 heterocycles. The first kappa shape index (κ1) is 15.5. The molecule has 0 aliphatic rings. The van der Waals surface area contributed by atoms with E-state index in [-0.39, 0.29) is 0 Å². The summed E-state index contributed by atoms with van der Waals surface area (Å²) in [7, 11) is 0. The van der Waals surface area contributed by atoms with E-state index in [4.69, 9.17) is 27.9 Å². The SMILES string of the molecule is Clc1cccc(Cl)c1COc1ccc(-c2nn[nH]n2)cc1I. The fraction of sp³-hybridized carbons (Fsp3) is 0.0714. The molecule has 0 spiro atoms. The Morgan fingerprint density at radius 3 is 2.55 bits per heavy atom. The smallest absolute Gasteiger partial charge is 0.204 e. The maximum atomic E-state index is 6.14. The van der Waals surface area contributed by atoms with Crippen LogP contribution >= 0.6 is 45.8 Å². The quantitative estimate of drug-likeness (QED) is 0.605. The van der Waals surface area contributed by atoms with Gasteiger partial charge in [0.2, 0.25) is 5.82 Å². The van der Waals surface area contributed by atoms with E-state index in [1.807, 2.05) is 18.2 Å². The fourth-order valence-electron chi connectivity index (χ4n) is 1.86. The highest BCUT2D eigenvalue weighted by molar-refractivity contribution is 14.1. The van der Waals surface area contributed by atoms with Gasteiger partial charge in [0.1, 0.15) is 12.4 Å². The van der Waals surface area contributed by atoms with E-state index in [2.05, 4.69) is 43.2 Å². The van der Waals surface area contributed by atoms with Crippen molar-refractivity contribution in [1.82, 2.24) is 20.6 Å². The van der Waals surface area contributed by atoms with E-state index in [1.54, 1.807) is 18.2 Å². The second kappa shape index (κ2) is 6.80. The lowest BCUT2D eigenvalue weighted by molar-refractivity contribution is 0.304. The average Bonchev–Trinajstić information content (AvgIpc) is 3.02. The number of H-pyrrole nitrogens is 1. The number of ether oxygens (including phenoxy) is 1. The minimum atomic E-state index is 0.302. The average molecular weight is 447 g/mol. The van der Waals surface area contributed by atoms with Crippen LogP contribution in [0.25, 0.3) is 11.4 Å². The summed E-state index contributed by atoms with van der Waals surface area (Å²) in [5.41, 5.74) is 1.63. The van der Waals surface area contributed by atoms with Crippen LogP contribution in [0.15, 0.2) is 36.4 Å². The van der Waals surface area contributed by atoms with Crippen LogP contribution in [-0.4, -0.2) is 20.6 Å². The summed E-state index contributed by atoms with van der Waals surface area (Å²) < 4.78 is 6.75. The zero-order valence-electron chi connectivity index (χ0n) is 11.1. The van der Waals surface area contributed by atoms with Crippen molar-refractivity contribution in [3.05, 3.63) is 55.6 Å². The Morgan fingerprint density at radius 1 is 1.14 bits per heavy atom. The molecular formula is C14H9Cl2IN4O. The summed E-state index contributed by atoms with van der Waals surface area (Å²) in [6.07, 6.45) is 0. The lowest BCUT2D eigenvalue weighted by atomic mass is 10.2. The van der Waals surface area contributed by atoms with Gasteiger partial charge < -0.3 is 4.74 Å². The van der Waals surface area contributed by atoms with Gasteiger partial charge in [-0.25, -0.2) is 0 Å². The normalized spacial score (nSPS) is 10.7. The zero-order chi connectivity index (χ0) is 15.5. The molecule has 0 atom stereocenters. The fourth-order valence-corrected chi connectivity index (χ4v) is 3.04. The third-order valence-electron chi connectivity index (χ3n) is 2.97. The van der Waals surface area contributed by atoms with Gasteiger partial charge in [-0.05, 0) is 58.1 Å². The van der Waals surface area contributed by atoms with Gasteiger partial charge in [0.25, 0.3) is 0 Å². The molecule has 8 heteroatoms. The van der Waals surface area contributed by atoms with Gasteiger partial charge in [-0.3, -0.25) is 0 Å². The number of benzene rings is 2. The van der Waals surface area contributed by atoms with E-state index < -0.39 is 0 Å². The van der Waals surface area contributed by atoms with E-state index in [0.717, 1.165) is 20.4 Å². The minimum Gasteiger partial charge on any atom is -0.488 e. The van der Waals surface area contributed by atoms with Crippen molar-refractivity contribution in [2.45, 2.75) is 6.61 Å². The van der Waals surface area contributed by atoms with Crippen LogP contribution in [0.4, 0.5) is 0 Å².